The van der Waals surface area contributed by atoms with E-state index in [0.29, 0.717) is 0 Å². The maximum Gasteiger partial charge on any atom is 0.269 e. The number of nitrogens with zero attached hydrogens (tertiary/aromatic N) is 1. The summed E-state index contributed by atoms with van der Waals surface area (Å²) in [5.41, 5.74) is 0.922. The second-order valence-corrected chi connectivity index (χ2v) is 3.82. The molecule has 0 atom stereocenters. The van der Waals surface area contributed by atoms with Gasteiger partial charge in [-0.25, -0.2) is 0 Å². The van der Waals surface area contributed by atoms with E-state index in [4.69, 9.17) is 11.6 Å². The van der Waals surface area contributed by atoms with Gasteiger partial charge in [-0.15, -0.1) is 11.6 Å². The molecular weight excluding hydrogens is 266 g/mol. The van der Waals surface area contributed by atoms with Gasteiger partial charge < -0.3 is 0 Å². The van der Waals surface area contributed by atoms with Crippen LogP contribution in [0.4, 0.5) is 5.69 Å². The highest BCUT2D eigenvalue weighted by Crippen LogP contribution is 2.12. The zero-order valence-electron chi connectivity index (χ0n) is 10.0. The minimum absolute atomic E-state index is 0.0248. The second kappa shape index (κ2) is 8.00. The Bertz CT molecular complexity index is 530. The molecule has 1 aromatic carbocycles. The Balaban J connectivity index is 2.53. The van der Waals surface area contributed by atoms with Gasteiger partial charge in [0.25, 0.3) is 5.69 Å². The molecule has 0 N–H and O–H groups in total. The van der Waals surface area contributed by atoms with E-state index in [2.05, 4.69) is 0 Å². The summed E-state index contributed by atoms with van der Waals surface area (Å²) >= 11 is 5.32. The number of carbonyl (C=O) groups excluding carboxylic acids is 1. The zero-order chi connectivity index (χ0) is 14.1. The van der Waals surface area contributed by atoms with Crippen molar-refractivity contribution in [2.24, 2.45) is 0 Å². The minimum atomic E-state index is -0.438. The summed E-state index contributed by atoms with van der Waals surface area (Å²) in [4.78, 5) is 20.8. The lowest BCUT2D eigenvalue weighted by Gasteiger charge is -1.92. The molecule has 0 aliphatic rings. The Labute approximate surface area is 115 Å². The third-order valence-electron chi connectivity index (χ3n) is 2.14. The number of nitro benzene ring substituents is 1. The third-order valence-corrected chi connectivity index (χ3v) is 2.40. The number of carbonyl (C=O) groups is 1. The molecule has 98 valence electrons. The van der Waals surface area contributed by atoms with Crippen LogP contribution in [-0.2, 0) is 4.79 Å². The van der Waals surface area contributed by atoms with Crippen LogP contribution >= 0.6 is 11.6 Å². The molecule has 1 aromatic rings. The Morgan fingerprint density at radius 2 is 1.79 bits per heavy atom. The molecule has 0 aliphatic carbocycles. The van der Waals surface area contributed by atoms with Crippen LogP contribution in [0.15, 0.2) is 54.6 Å². The first-order valence-corrected chi connectivity index (χ1v) is 6.01. The Morgan fingerprint density at radius 3 is 2.37 bits per heavy atom. The highest BCUT2D eigenvalue weighted by molar-refractivity contribution is 6.29. The lowest BCUT2D eigenvalue weighted by Crippen LogP contribution is -1.90. The van der Waals surface area contributed by atoms with Crippen LogP contribution in [0.2, 0.25) is 0 Å². The van der Waals surface area contributed by atoms with Crippen molar-refractivity contribution in [2.75, 3.05) is 5.88 Å². The molecule has 0 fully saturated rings. The topological polar surface area (TPSA) is 60.2 Å². The predicted molar refractivity (Wildman–Crippen MR) is 76.1 cm³/mol. The quantitative estimate of drug-likeness (QED) is 0.263. The number of hydrogen-bond donors (Lipinski definition) is 0. The largest absolute Gasteiger partial charge is 0.294 e. The van der Waals surface area contributed by atoms with Crippen molar-refractivity contribution in [1.82, 2.24) is 0 Å². The van der Waals surface area contributed by atoms with Crippen molar-refractivity contribution in [3.63, 3.8) is 0 Å². The summed E-state index contributed by atoms with van der Waals surface area (Å²) in [7, 11) is 0. The third kappa shape index (κ3) is 5.79. The van der Waals surface area contributed by atoms with E-state index < -0.39 is 4.92 Å². The van der Waals surface area contributed by atoms with E-state index in [1.54, 1.807) is 42.5 Å². The molecule has 5 heteroatoms. The number of non-ortho nitro benzene ring substituents is 1. The zero-order valence-corrected chi connectivity index (χ0v) is 10.8. The minimum Gasteiger partial charge on any atom is -0.294 e. The fraction of sp³-hybridized carbons (Fsp3) is 0.0714. The van der Waals surface area contributed by atoms with Gasteiger partial charge in [0, 0.05) is 12.1 Å². The van der Waals surface area contributed by atoms with Gasteiger partial charge >= 0.3 is 0 Å². The van der Waals surface area contributed by atoms with Crippen molar-refractivity contribution in [3.05, 3.63) is 70.3 Å². The van der Waals surface area contributed by atoms with Crippen molar-refractivity contribution in [3.8, 4) is 0 Å². The molecule has 0 aromatic heterocycles. The van der Waals surface area contributed by atoms with Crippen LogP contribution in [0.5, 0.6) is 0 Å². The number of nitro groups is 1. The average molecular weight is 278 g/mol. The van der Waals surface area contributed by atoms with Gasteiger partial charge in [-0.3, -0.25) is 14.9 Å². The van der Waals surface area contributed by atoms with Crippen LogP contribution < -0.4 is 0 Å². The molecule has 0 bridgehead atoms. The van der Waals surface area contributed by atoms with Crippen molar-refractivity contribution >= 4 is 29.1 Å². The van der Waals surface area contributed by atoms with E-state index in [0.717, 1.165) is 5.56 Å². The molecule has 4 nitrogen and oxygen atoms in total. The molecule has 0 aliphatic heterocycles. The van der Waals surface area contributed by atoms with E-state index in [-0.39, 0.29) is 17.4 Å². The number of hydrogen-bond acceptors (Lipinski definition) is 3. The molecule has 0 unspecified atom stereocenters. The molecule has 1 rings (SSSR count). The molecule has 0 spiro atoms. The Morgan fingerprint density at radius 1 is 1.16 bits per heavy atom. The van der Waals surface area contributed by atoms with Gasteiger partial charge in [-0.05, 0) is 23.8 Å². The van der Waals surface area contributed by atoms with E-state index in [9.17, 15) is 14.9 Å². The van der Waals surface area contributed by atoms with Crippen molar-refractivity contribution in [1.29, 1.82) is 0 Å². The molecular formula is C14H12ClNO3. The number of alkyl halides is 1. The molecule has 0 amide bonds. The number of halogens is 1. The first-order chi connectivity index (χ1) is 9.13. The Hall–Kier alpha value is -2.20. The Kier molecular flexibility index (Phi) is 6.26. The molecule has 0 heterocycles. The summed E-state index contributed by atoms with van der Waals surface area (Å²) in [6, 6.07) is 6.22. The fourth-order valence-electron chi connectivity index (χ4n) is 1.21. The summed E-state index contributed by atoms with van der Waals surface area (Å²) in [5.74, 6) is -0.172. The van der Waals surface area contributed by atoms with E-state index in [1.807, 2.05) is 0 Å². The van der Waals surface area contributed by atoms with Crippen molar-refractivity contribution in [2.45, 2.75) is 0 Å². The molecule has 19 heavy (non-hydrogen) atoms. The molecule has 0 saturated carbocycles. The standard InChI is InChI=1S/C14H12ClNO3/c15-11-14(17)6-4-2-1-3-5-12-7-9-13(10-8-12)16(18)19/h1-10H,11H2. The van der Waals surface area contributed by atoms with Gasteiger partial charge in [-0.2, -0.15) is 0 Å². The molecule has 0 saturated heterocycles. The van der Waals surface area contributed by atoms with Gasteiger partial charge in [0.15, 0.2) is 5.78 Å². The van der Waals surface area contributed by atoms with Crippen molar-refractivity contribution < 1.29 is 9.72 Å². The second-order valence-electron chi connectivity index (χ2n) is 3.55. The van der Waals surface area contributed by atoms with Gasteiger partial charge in [0.05, 0.1) is 10.8 Å². The maximum atomic E-state index is 10.8. The number of allylic oxidation sites excluding steroid dienone is 5. The van der Waals surface area contributed by atoms with Gasteiger partial charge in [-0.1, -0.05) is 30.4 Å². The van der Waals surface area contributed by atoms with E-state index >= 15 is 0 Å². The first-order valence-electron chi connectivity index (χ1n) is 5.48. The van der Waals surface area contributed by atoms with Crippen LogP contribution in [0.1, 0.15) is 5.56 Å². The maximum absolute atomic E-state index is 10.8. The van der Waals surface area contributed by atoms with Crippen LogP contribution in [0, 0.1) is 10.1 Å². The van der Waals surface area contributed by atoms with Gasteiger partial charge in [0.1, 0.15) is 0 Å². The first kappa shape index (κ1) is 14.9. The van der Waals surface area contributed by atoms with Crippen LogP contribution in [0.3, 0.4) is 0 Å². The highest BCUT2D eigenvalue weighted by atomic mass is 35.5. The summed E-state index contributed by atoms with van der Waals surface area (Å²) in [6.07, 6.45) is 10.0. The van der Waals surface area contributed by atoms with Gasteiger partial charge in [0.2, 0.25) is 0 Å². The van der Waals surface area contributed by atoms with Crippen LogP contribution in [0.25, 0.3) is 6.08 Å². The summed E-state index contributed by atoms with van der Waals surface area (Å²) in [6.45, 7) is 0. The normalized spacial score (nSPS) is 11.6. The fourth-order valence-corrected chi connectivity index (χ4v) is 1.30. The predicted octanol–water partition coefficient (Wildman–Crippen LogP) is 3.53. The number of benzene rings is 1. The number of ketones is 1. The monoisotopic (exact) mass is 277 g/mol. The lowest BCUT2D eigenvalue weighted by atomic mass is 10.2. The highest BCUT2D eigenvalue weighted by Gasteiger charge is 2.01. The average Bonchev–Trinajstić information content (AvgIpc) is 2.42. The smallest absolute Gasteiger partial charge is 0.269 e. The summed E-state index contributed by atoms with van der Waals surface area (Å²) in [5, 5.41) is 10.5. The number of rotatable bonds is 6. The van der Waals surface area contributed by atoms with E-state index in [1.165, 1.54) is 18.2 Å². The van der Waals surface area contributed by atoms with Crippen LogP contribution in [-0.4, -0.2) is 16.6 Å². The summed E-state index contributed by atoms with van der Waals surface area (Å²) < 4.78 is 0. The SMILES string of the molecule is O=C(C=CC=CC=Cc1ccc([N+](=O)[O-])cc1)CCl. The lowest BCUT2D eigenvalue weighted by molar-refractivity contribution is -0.384. The molecule has 0 radical (unpaired) electrons.